The number of rotatable bonds is 6. The molecule has 138 valence electrons. The van der Waals surface area contributed by atoms with E-state index in [1.807, 2.05) is 48.5 Å². The van der Waals surface area contributed by atoms with Crippen molar-refractivity contribution >= 4 is 23.2 Å². The molecule has 1 fully saturated rings. The Morgan fingerprint density at radius 1 is 1.07 bits per heavy atom. The summed E-state index contributed by atoms with van der Waals surface area (Å²) in [6.45, 7) is 0.571. The van der Waals surface area contributed by atoms with Crippen molar-refractivity contribution in [1.82, 2.24) is 5.32 Å². The highest BCUT2D eigenvalue weighted by molar-refractivity contribution is 6.40. The second-order valence-corrected chi connectivity index (χ2v) is 7.18. The van der Waals surface area contributed by atoms with Gasteiger partial charge in [-0.2, -0.15) is 5.10 Å². The molecule has 1 aliphatic carbocycles. The van der Waals surface area contributed by atoms with Crippen LogP contribution in [0, 0.1) is 0 Å². The second kappa shape index (κ2) is 6.87. The highest BCUT2D eigenvalue weighted by atomic mass is 16.2. The molecule has 4 rings (SSSR count). The van der Waals surface area contributed by atoms with E-state index < -0.39 is 11.9 Å². The summed E-state index contributed by atoms with van der Waals surface area (Å²) < 4.78 is 0. The topological polar surface area (TPSA) is 87.8 Å². The Hall–Kier alpha value is -3.15. The van der Waals surface area contributed by atoms with Gasteiger partial charge in [0.1, 0.15) is 11.8 Å². The molecule has 0 aromatic heterocycles. The van der Waals surface area contributed by atoms with E-state index in [2.05, 4.69) is 22.6 Å². The number of hydrazone groups is 1. The number of carbonyl (C=O) groups excluding carboxylic acids is 2. The Morgan fingerprint density at radius 3 is 2.30 bits per heavy atom. The van der Waals surface area contributed by atoms with Gasteiger partial charge < -0.3 is 11.1 Å². The fourth-order valence-electron chi connectivity index (χ4n) is 3.55. The lowest BCUT2D eigenvalue weighted by Crippen LogP contribution is -2.40. The Bertz CT molecular complexity index is 876. The van der Waals surface area contributed by atoms with Crippen molar-refractivity contribution in [1.29, 1.82) is 0 Å². The third-order valence-corrected chi connectivity index (χ3v) is 5.35. The van der Waals surface area contributed by atoms with Crippen LogP contribution in [0.1, 0.15) is 24.8 Å². The first-order chi connectivity index (χ1) is 13.1. The lowest BCUT2D eigenvalue weighted by molar-refractivity contribution is -0.119. The number of para-hydroxylation sites is 1. The summed E-state index contributed by atoms with van der Waals surface area (Å²) in [5.41, 5.74) is 7.89. The Morgan fingerprint density at radius 2 is 1.70 bits per heavy atom. The molecular formula is C21H22N4O2. The van der Waals surface area contributed by atoms with Crippen molar-refractivity contribution < 1.29 is 9.59 Å². The minimum atomic E-state index is -0.642. The van der Waals surface area contributed by atoms with Crippen molar-refractivity contribution in [3.63, 3.8) is 0 Å². The van der Waals surface area contributed by atoms with E-state index in [0.29, 0.717) is 12.3 Å². The predicted molar refractivity (Wildman–Crippen MR) is 104 cm³/mol. The molecule has 1 atom stereocenters. The Labute approximate surface area is 158 Å². The minimum Gasteiger partial charge on any atom is -0.368 e. The van der Waals surface area contributed by atoms with Crippen LogP contribution in [-0.2, 0) is 15.0 Å². The zero-order valence-corrected chi connectivity index (χ0v) is 15.0. The summed E-state index contributed by atoms with van der Waals surface area (Å²) in [5.74, 6) is -0.727. The first kappa shape index (κ1) is 17.3. The third kappa shape index (κ3) is 3.43. The molecule has 1 saturated carbocycles. The van der Waals surface area contributed by atoms with Gasteiger partial charge in [0.05, 0.1) is 5.69 Å². The molecule has 0 spiro atoms. The number of benzene rings is 2. The molecule has 2 aliphatic rings. The van der Waals surface area contributed by atoms with E-state index in [1.165, 1.54) is 5.56 Å². The molecule has 0 bridgehead atoms. The molecule has 0 saturated heterocycles. The molecule has 3 N–H and O–H groups in total. The van der Waals surface area contributed by atoms with Crippen LogP contribution >= 0.6 is 0 Å². The smallest absolute Gasteiger partial charge is 0.267 e. The maximum absolute atomic E-state index is 12.7. The number of nitrogens with one attached hydrogen (secondary N) is 1. The standard InChI is InChI=1S/C21H22N4O2/c22-19(26)18-13-17(24-25(18)16-9-5-2-6-10-16)20(27)23-14-21(11-12-21)15-7-3-1-4-8-15/h1-10,18H,11-14H2,(H2,22,26)(H,23,27)/t18-/m1/s1. The van der Waals surface area contributed by atoms with Crippen molar-refractivity contribution in [2.45, 2.75) is 30.7 Å². The van der Waals surface area contributed by atoms with Gasteiger partial charge in [0.2, 0.25) is 5.91 Å². The van der Waals surface area contributed by atoms with Gasteiger partial charge in [-0.15, -0.1) is 0 Å². The number of hydrogen-bond donors (Lipinski definition) is 2. The molecule has 2 aromatic rings. The van der Waals surface area contributed by atoms with Gasteiger partial charge in [-0.3, -0.25) is 14.6 Å². The van der Waals surface area contributed by atoms with Gasteiger partial charge in [0.15, 0.2) is 0 Å². The highest BCUT2D eigenvalue weighted by Gasteiger charge is 2.44. The number of carbonyl (C=O) groups is 2. The minimum absolute atomic E-state index is 0.0261. The molecule has 0 unspecified atom stereocenters. The quantitative estimate of drug-likeness (QED) is 0.823. The van der Waals surface area contributed by atoms with Gasteiger partial charge in [-0.25, -0.2) is 0 Å². The van der Waals surface area contributed by atoms with Gasteiger partial charge >= 0.3 is 0 Å². The fourth-order valence-corrected chi connectivity index (χ4v) is 3.55. The zero-order valence-electron chi connectivity index (χ0n) is 15.0. The molecule has 27 heavy (non-hydrogen) atoms. The summed E-state index contributed by atoms with van der Waals surface area (Å²) in [6, 6.07) is 18.9. The number of anilines is 1. The van der Waals surface area contributed by atoms with Crippen LogP contribution in [0.2, 0.25) is 0 Å². The largest absolute Gasteiger partial charge is 0.368 e. The van der Waals surface area contributed by atoms with Crippen LogP contribution in [0.5, 0.6) is 0 Å². The lowest BCUT2D eigenvalue weighted by Gasteiger charge is -2.20. The normalized spacial score (nSPS) is 20.1. The summed E-state index contributed by atoms with van der Waals surface area (Å²) in [6.07, 6.45) is 2.34. The summed E-state index contributed by atoms with van der Waals surface area (Å²) in [5, 5.41) is 8.94. The van der Waals surface area contributed by atoms with E-state index in [-0.39, 0.29) is 17.7 Å². The van der Waals surface area contributed by atoms with Crippen LogP contribution in [0.15, 0.2) is 65.8 Å². The van der Waals surface area contributed by atoms with Gasteiger partial charge in [0.25, 0.3) is 5.91 Å². The number of primary amides is 1. The van der Waals surface area contributed by atoms with E-state index in [1.54, 1.807) is 5.01 Å². The van der Waals surface area contributed by atoms with E-state index >= 15 is 0 Å². The van der Waals surface area contributed by atoms with Crippen LogP contribution in [0.25, 0.3) is 0 Å². The van der Waals surface area contributed by atoms with Gasteiger partial charge in [-0.05, 0) is 30.5 Å². The number of amides is 2. The molecular weight excluding hydrogens is 340 g/mol. The molecule has 1 heterocycles. The molecule has 6 heteroatoms. The number of nitrogens with two attached hydrogens (primary N) is 1. The van der Waals surface area contributed by atoms with Crippen molar-refractivity contribution in [2.24, 2.45) is 10.8 Å². The molecule has 6 nitrogen and oxygen atoms in total. The van der Waals surface area contributed by atoms with Crippen LogP contribution < -0.4 is 16.1 Å². The maximum Gasteiger partial charge on any atom is 0.267 e. The molecule has 2 aromatic carbocycles. The van der Waals surface area contributed by atoms with E-state index in [0.717, 1.165) is 18.5 Å². The van der Waals surface area contributed by atoms with Crippen molar-refractivity contribution in [3.05, 3.63) is 66.2 Å². The first-order valence-corrected chi connectivity index (χ1v) is 9.14. The van der Waals surface area contributed by atoms with Crippen molar-refractivity contribution in [3.8, 4) is 0 Å². The molecule has 0 radical (unpaired) electrons. The molecule has 1 aliphatic heterocycles. The Balaban J connectivity index is 1.47. The van der Waals surface area contributed by atoms with Gasteiger partial charge in [0, 0.05) is 18.4 Å². The third-order valence-electron chi connectivity index (χ3n) is 5.35. The maximum atomic E-state index is 12.7. The average molecular weight is 362 g/mol. The average Bonchev–Trinajstić information content (AvgIpc) is 3.36. The monoisotopic (exact) mass is 362 g/mol. The molecule has 2 amide bonds. The summed E-state index contributed by atoms with van der Waals surface area (Å²) in [4.78, 5) is 24.5. The van der Waals surface area contributed by atoms with Crippen molar-refractivity contribution in [2.75, 3.05) is 11.6 Å². The number of hydrogen-bond acceptors (Lipinski definition) is 4. The van der Waals surface area contributed by atoms with Crippen LogP contribution in [0.4, 0.5) is 5.69 Å². The Kier molecular flexibility index (Phi) is 4.39. The highest BCUT2D eigenvalue weighted by Crippen LogP contribution is 2.47. The fraction of sp³-hybridized carbons (Fsp3) is 0.286. The predicted octanol–water partition coefficient (Wildman–Crippen LogP) is 1.95. The summed E-state index contributed by atoms with van der Waals surface area (Å²) in [7, 11) is 0. The van der Waals surface area contributed by atoms with E-state index in [4.69, 9.17) is 5.73 Å². The van der Waals surface area contributed by atoms with Crippen LogP contribution in [-0.4, -0.2) is 30.1 Å². The second-order valence-electron chi connectivity index (χ2n) is 7.18. The van der Waals surface area contributed by atoms with Gasteiger partial charge in [-0.1, -0.05) is 48.5 Å². The first-order valence-electron chi connectivity index (χ1n) is 9.14. The summed E-state index contributed by atoms with van der Waals surface area (Å²) >= 11 is 0. The number of nitrogens with zero attached hydrogens (tertiary/aromatic N) is 2. The van der Waals surface area contributed by atoms with E-state index in [9.17, 15) is 9.59 Å². The SMILES string of the molecule is NC(=O)[C@H]1CC(C(=O)NCC2(c3ccccc3)CC2)=NN1c1ccccc1. The van der Waals surface area contributed by atoms with Crippen LogP contribution in [0.3, 0.4) is 0 Å². The zero-order chi connectivity index (χ0) is 18.9. The lowest BCUT2D eigenvalue weighted by atomic mass is 9.96.